The molecular formula is C12H14N2O3. The molecule has 90 valence electrons. The van der Waals surface area contributed by atoms with Crippen molar-refractivity contribution in [2.75, 3.05) is 13.6 Å². The Labute approximate surface area is 99.4 Å². The predicted octanol–water partition coefficient (Wildman–Crippen LogP) is 0.753. The van der Waals surface area contributed by atoms with E-state index in [1.165, 1.54) is 0 Å². The van der Waals surface area contributed by atoms with Crippen LogP contribution in [0.1, 0.15) is 5.56 Å². The normalized spacial score (nSPS) is 18.5. The first-order chi connectivity index (χ1) is 8.16. The summed E-state index contributed by atoms with van der Waals surface area (Å²) in [4.78, 5) is 24.1. The number of carbonyl (C=O) groups is 2. The molecule has 0 saturated carbocycles. The lowest BCUT2D eigenvalue weighted by Gasteiger charge is -2.35. The Kier molecular flexibility index (Phi) is 3.27. The van der Waals surface area contributed by atoms with Crippen LogP contribution < -0.4 is 5.32 Å². The lowest BCUT2D eigenvalue weighted by molar-refractivity contribution is -0.141. The summed E-state index contributed by atoms with van der Waals surface area (Å²) in [6.07, 6.45) is -0.555. The van der Waals surface area contributed by atoms with Crippen molar-refractivity contribution in [1.82, 2.24) is 10.2 Å². The van der Waals surface area contributed by atoms with Crippen LogP contribution in [0.3, 0.4) is 0 Å². The number of benzene rings is 1. The lowest BCUT2D eigenvalue weighted by atomic mass is 10.1. The van der Waals surface area contributed by atoms with E-state index in [2.05, 4.69) is 5.32 Å². The van der Waals surface area contributed by atoms with Gasteiger partial charge in [0, 0.05) is 13.6 Å². The molecule has 17 heavy (non-hydrogen) atoms. The summed E-state index contributed by atoms with van der Waals surface area (Å²) in [5, 5.41) is 2.51. The van der Waals surface area contributed by atoms with Crippen molar-refractivity contribution in [3.05, 3.63) is 35.9 Å². The molecule has 1 aliphatic rings. The van der Waals surface area contributed by atoms with E-state index in [1.807, 2.05) is 30.3 Å². The van der Waals surface area contributed by atoms with E-state index in [4.69, 9.17) is 4.74 Å². The van der Waals surface area contributed by atoms with Crippen molar-refractivity contribution in [2.24, 2.45) is 0 Å². The first-order valence-corrected chi connectivity index (χ1v) is 5.39. The molecule has 0 aromatic heterocycles. The van der Waals surface area contributed by atoms with Gasteiger partial charge in [-0.3, -0.25) is 4.79 Å². The molecule has 0 bridgehead atoms. The second-order valence-electron chi connectivity index (χ2n) is 3.98. The molecule has 0 radical (unpaired) electrons. The highest BCUT2D eigenvalue weighted by atomic mass is 16.5. The number of β-lactam (4-membered cyclic amide) rings is 1. The molecular weight excluding hydrogens is 220 g/mol. The summed E-state index contributed by atoms with van der Waals surface area (Å²) in [5.74, 6) is -0.0818. The Hall–Kier alpha value is -2.04. The van der Waals surface area contributed by atoms with Crippen LogP contribution in [0.2, 0.25) is 0 Å². The number of alkyl carbamates (subject to hydrolysis) is 1. The Bertz CT molecular complexity index is 419. The third-order valence-corrected chi connectivity index (χ3v) is 2.64. The molecule has 1 saturated heterocycles. The number of ether oxygens (including phenoxy) is 1. The summed E-state index contributed by atoms with van der Waals surface area (Å²) in [6, 6.07) is 8.96. The van der Waals surface area contributed by atoms with Crippen LogP contribution in [0, 0.1) is 0 Å². The smallest absolute Gasteiger partial charge is 0.408 e. The number of hydrogen-bond acceptors (Lipinski definition) is 3. The van der Waals surface area contributed by atoms with E-state index in [9.17, 15) is 9.59 Å². The zero-order chi connectivity index (χ0) is 12.3. The molecule has 2 rings (SSSR count). The second kappa shape index (κ2) is 4.86. The predicted molar refractivity (Wildman–Crippen MR) is 61.2 cm³/mol. The van der Waals surface area contributed by atoms with Gasteiger partial charge in [0.25, 0.3) is 0 Å². The van der Waals surface area contributed by atoms with Gasteiger partial charge in [-0.1, -0.05) is 30.3 Å². The number of nitrogens with zero attached hydrogens (tertiary/aromatic N) is 1. The maximum Gasteiger partial charge on any atom is 0.408 e. The number of carbonyl (C=O) groups excluding carboxylic acids is 2. The van der Waals surface area contributed by atoms with Crippen LogP contribution in [0.4, 0.5) is 4.79 Å². The van der Waals surface area contributed by atoms with Crippen molar-refractivity contribution in [3.8, 4) is 0 Å². The molecule has 1 unspecified atom stereocenters. The fraction of sp³-hybridized carbons (Fsp3) is 0.333. The van der Waals surface area contributed by atoms with Crippen LogP contribution in [0.25, 0.3) is 0 Å². The minimum absolute atomic E-state index is 0.0818. The Morgan fingerprint density at radius 1 is 1.47 bits per heavy atom. The van der Waals surface area contributed by atoms with Gasteiger partial charge in [0.05, 0.1) is 0 Å². The van der Waals surface area contributed by atoms with Gasteiger partial charge in [0.1, 0.15) is 12.6 Å². The Morgan fingerprint density at radius 2 is 2.18 bits per heavy atom. The summed E-state index contributed by atoms with van der Waals surface area (Å²) in [7, 11) is 1.69. The Balaban J connectivity index is 1.73. The highest BCUT2D eigenvalue weighted by Crippen LogP contribution is 2.07. The minimum atomic E-state index is -0.555. The maximum absolute atomic E-state index is 11.4. The third kappa shape index (κ3) is 2.75. The molecule has 2 amide bonds. The molecule has 1 aromatic carbocycles. The van der Waals surface area contributed by atoms with Gasteiger partial charge in [0.15, 0.2) is 0 Å². The largest absolute Gasteiger partial charge is 0.445 e. The molecule has 1 N–H and O–H groups in total. The van der Waals surface area contributed by atoms with Gasteiger partial charge in [-0.2, -0.15) is 0 Å². The molecule has 1 aliphatic heterocycles. The molecule has 1 atom stereocenters. The van der Waals surface area contributed by atoms with Gasteiger partial charge >= 0.3 is 6.09 Å². The van der Waals surface area contributed by atoms with Crippen LogP contribution >= 0.6 is 0 Å². The standard InChI is InChI=1S/C12H14N2O3/c1-14-7-10(11(14)15)13-12(16)17-8-9-5-3-2-4-6-9/h2-6,10H,7-8H2,1H3,(H,13,16). The van der Waals surface area contributed by atoms with Gasteiger partial charge in [0.2, 0.25) is 5.91 Å². The highest BCUT2D eigenvalue weighted by Gasteiger charge is 2.35. The summed E-state index contributed by atoms with van der Waals surface area (Å²) >= 11 is 0. The number of likely N-dealkylation sites (N-methyl/N-ethyl adjacent to an activating group) is 1. The van der Waals surface area contributed by atoms with E-state index < -0.39 is 12.1 Å². The zero-order valence-corrected chi connectivity index (χ0v) is 9.55. The highest BCUT2D eigenvalue weighted by molar-refractivity contribution is 5.90. The number of hydrogen-bond donors (Lipinski definition) is 1. The van der Waals surface area contributed by atoms with E-state index in [-0.39, 0.29) is 12.5 Å². The van der Waals surface area contributed by atoms with Crippen LogP contribution in [-0.2, 0) is 16.1 Å². The van der Waals surface area contributed by atoms with Crippen LogP contribution in [0.15, 0.2) is 30.3 Å². The van der Waals surface area contributed by atoms with Crippen molar-refractivity contribution >= 4 is 12.0 Å². The number of likely N-dealkylation sites (tertiary alicyclic amines) is 1. The van der Waals surface area contributed by atoms with Gasteiger partial charge in [-0.15, -0.1) is 0 Å². The van der Waals surface area contributed by atoms with E-state index in [0.717, 1.165) is 5.56 Å². The van der Waals surface area contributed by atoms with Crippen LogP contribution in [-0.4, -0.2) is 36.5 Å². The molecule has 5 heteroatoms. The minimum Gasteiger partial charge on any atom is -0.445 e. The van der Waals surface area contributed by atoms with Crippen molar-refractivity contribution in [2.45, 2.75) is 12.6 Å². The molecule has 0 aliphatic carbocycles. The summed E-state index contributed by atoms with van der Waals surface area (Å²) in [5.41, 5.74) is 0.916. The van der Waals surface area contributed by atoms with E-state index in [1.54, 1.807) is 11.9 Å². The van der Waals surface area contributed by atoms with E-state index in [0.29, 0.717) is 6.54 Å². The quantitative estimate of drug-likeness (QED) is 0.785. The average Bonchev–Trinajstić information content (AvgIpc) is 2.37. The molecule has 1 fully saturated rings. The SMILES string of the molecule is CN1CC(NC(=O)OCc2ccccc2)C1=O. The van der Waals surface area contributed by atoms with Gasteiger partial charge < -0.3 is 15.0 Å². The molecule has 0 spiro atoms. The average molecular weight is 234 g/mol. The van der Waals surface area contributed by atoms with Crippen LogP contribution in [0.5, 0.6) is 0 Å². The summed E-state index contributed by atoms with van der Waals surface area (Å²) in [6.45, 7) is 0.753. The van der Waals surface area contributed by atoms with Gasteiger partial charge in [-0.05, 0) is 5.56 Å². The maximum atomic E-state index is 11.4. The van der Waals surface area contributed by atoms with Gasteiger partial charge in [-0.25, -0.2) is 4.79 Å². The number of nitrogens with one attached hydrogen (secondary N) is 1. The van der Waals surface area contributed by atoms with Crippen molar-refractivity contribution in [3.63, 3.8) is 0 Å². The summed E-state index contributed by atoms with van der Waals surface area (Å²) < 4.78 is 5.00. The molecule has 5 nitrogen and oxygen atoms in total. The fourth-order valence-electron chi connectivity index (χ4n) is 1.61. The van der Waals surface area contributed by atoms with Crippen molar-refractivity contribution < 1.29 is 14.3 Å². The number of rotatable bonds is 3. The molecule has 1 aromatic rings. The zero-order valence-electron chi connectivity index (χ0n) is 9.55. The number of amides is 2. The van der Waals surface area contributed by atoms with Crippen molar-refractivity contribution in [1.29, 1.82) is 0 Å². The fourth-order valence-corrected chi connectivity index (χ4v) is 1.61. The van der Waals surface area contributed by atoms with E-state index >= 15 is 0 Å². The first kappa shape index (κ1) is 11.4. The Morgan fingerprint density at radius 3 is 2.76 bits per heavy atom. The first-order valence-electron chi connectivity index (χ1n) is 5.39. The third-order valence-electron chi connectivity index (χ3n) is 2.64. The topological polar surface area (TPSA) is 58.6 Å². The lowest BCUT2D eigenvalue weighted by Crippen LogP contribution is -2.62. The molecule has 1 heterocycles. The monoisotopic (exact) mass is 234 g/mol. The second-order valence-corrected chi connectivity index (χ2v) is 3.98.